The molecule has 1 N–H and O–H groups in total. The smallest absolute Gasteiger partial charge is 0.305 e. The molecule has 0 spiro atoms. The van der Waals surface area contributed by atoms with Gasteiger partial charge >= 0.3 is 5.97 Å². The minimum absolute atomic E-state index is 0.140. The topological polar surface area (TPSA) is 53.4 Å². The van der Waals surface area contributed by atoms with E-state index in [9.17, 15) is 4.79 Å². The Bertz CT molecular complexity index is 605. The van der Waals surface area contributed by atoms with E-state index in [-0.39, 0.29) is 6.42 Å². The number of hydrogen-bond acceptors (Lipinski definition) is 3. The van der Waals surface area contributed by atoms with Gasteiger partial charge in [-0.15, -0.1) is 0 Å². The first-order valence-electron chi connectivity index (χ1n) is 7.38. The number of anilines is 1. The number of benzene rings is 1. The van der Waals surface area contributed by atoms with Crippen molar-refractivity contribution in [1.82, 2.24) is 4.98 Å². The van der Waals surface area contributed by atoms with Crippen LogP contribution < -0.4 is 4.90 Å². The van der Waals surface area contributed by atoms with Crippen molar-refractivity contribution in [2.24, 2.45) is 5.92 Å². The van der Waals surface area contributed by atoms with E-state index >= 15 is 0 Å². The third kappa shape index (κ3) is 4.18. The molecule has 0 aliphatic heterocycles. The van der Waals surface area contributed by atoms with E-state index < -0.39 is 5.97 Å². The van der Waals surface area contributed by atoms with E-state index in [2.05, 4.69) is 23.7 Å². The lowest BCUT2D eigenvalue weighted by Gasteiger charge is -2.26. The molecule has 1 aromatic heterocycles. The van der Waals surface area contributed by atoms with Crippen molar-refractivity contribution in [3.63, 3.8) is 0 Å². The highest BCUT2D eigenvalue weighted by Crippen LogP contribution is 2.25. The zero-order chi connectivity index (χ0) is 15.2. The summed E-state index contributed by atoms with van der Waals surface area (Å²) in [6.07, 6.45) is 2.95. The quantitative estimate of drug-likeness (QED) is 0.845. The molecule has 0 unspecified atom stereocenters. The van der Waals surface area contributed by atoms with Crippen LogP contribution >= 0.6 is 0 Å². The first-order chi connectivity index (χ1) is 10.1. The van der Waals surface area contributed by atoms with E-state index in [0.29, 0.717) is 12.5 Å². The van der Waals surface area contributed by atoms with E-state index in [1.54, 1.807) is 6.20 Å². The number of hydrogen-bond donors (Lipinski definition) is 1. The fourth-order valence-corrected chi connectivity index (χ4v) is 2.34. The SMILES string of the molecule is CC(C)CCN(CCC(=O)O)c1cccc2cccnc12. The summed E-state index contributed by atoms with van der Waals surface area (Å²) >= 11 is 0. The van der Waals surface area contributed by atoms with E-state index in [0.717, 1.165) is 29.6 Å². The fraction of sp³-hybridized carbons (Fsp3) is 0.412. The summed E-state index contributed by atoms with van der Waals surface area (Å²) in [6.45, 7) is 5.71. The van der Waals surface area contributed by atoms with Gasteiger partial charge in [0.1, 0.15) is 0 Å². The molecule has 0 amide bonds. The van der Waals surface area contributed by atoms with Crippen LogP contribution in [0.15, 0.2) is 36.5 Å². The lowest BCUT2D eigenvalue weighted by atomic mass is 10.1. The summed E-state index contributed by atoms with van der Waals surface area (Å²) in [5.41, 5.74) is 1.96. The molecule has 4 heteroatoms. The highest BCUT2D eigenvalue weighted by Gasteiger charge is 2.13. The van der Waals surface area contributed by atoms with Crippen molar-refractivity contribution in [1.29, 1.82) is 0 Å². The van der Waals surface area contributed by atoms with Gasteiger partial charge in [-0.25, -0.2) is 0 Å². The van der Waals surface area contributed by atoms with E-state index in [4.69, 9.17) is 5.11 Å². The third-order valence-electron chi connectivity index (χ3n) is 3.52. The first kappa shape index (κ1) is 15.3. The number of nitrogens with zero attached hydrogens (tertiary/aromatic N) is 2. The molecule has 0 aliphatic carbocycles. The lowest BCUT2D eigenvalue weighted by Crippen LogP contribution is -2.28. The minimum Gasteiger partial charge on any atom is -0.481 e. The van der Waals surface area contributed by atoms with Crippen LogP contribution in [0.3, 0.4) is 0 Å². The number of carbonyl (C=O) groups is 1. The van der Waals surface area contributed by atoms with Crippen LogP contribution in [-0.2, 0) is 4.79 Å². The average molecular weight is 286 g/mol. The molecular formula is C17H22N2O2. The van der Waals surface area contributed by atoms with Crippen LogP contribution in [0.2, 0.25) is 0 Å². The van der Waals surface area contributed by atoms with Gasteiger partial charge in [0, 0.05) is 24.7 Å². The van der Waals surface area contributed by atoms with Gasteiger partial charge in [0.15, 0.2) is 0 Å². The molecule has 2 rings (SSSR count). The van der Waals surface area contributed by atoms with Crippen LogP contribution in [0, 0.1) is 5.92 Å². The maximum atomic E-state index is 10.9. The van der Waals surface area contributed by atoms with Gasteiger partial charge in [-0.2, -0.15) is 0 Å². The highest BCUT2D eigenvalue weighted by atomic mass is 16.4. The first-order valence-corrected chi connectivity index (χ1v) is 7.38. The molecule has 0 saturated carbocycles. The van der Waals surface area contributed by atoms with E-state index in [1.165, 1.54) is 0 Å². The Hall–Kier alpha value is -2.10. The maximum absolute atomic E-state index is 10.9. The number of aliphatic carboxylic acids is 1. The zero-order valence-electron chi connectivity index (χ0n) is 12.6. The predicted molar refractivity (Wildman–Crippen MR) is 85.7 cm³/mol. The van der Waals surface area contributed by atoms with Gasteiger partial charge in [0.2, 0.25) is 0 Å². The highest BCUT2D eigenvalue weighted by molar-refractivity contribution is 5.90. The van der Waals surface area contributed by atoms with Crippen molar-refractivity contribution < 1.29 is 9.90 Å². The summed E-state index contributed by atoms with van der Waals surface area (Å²) in [5, 5.41) is 10.0. The van der Waals surface area contributed by atoms with Gasteiger partial charge < -0.3 is 10.0 Å². The number of pyridine rings is 1. The number of aromatic nitrogens is 1. The molecular weight excluding hydrogens is 264 g/mol. The standard InChI is InChI=1S/C17H22N2O2/c1-13(2)8-11-19(12-9-16(20)21)15-7-3-5-14-6-4-10-18-17(14)15/h3-7,10,13H,8-9,11-12H2,1-2H3,(H,20,21). The van der Waals surface area contributed by atoms with Crippen LogP contribution in [0.5, 0.6) is 0 Å². The average Bonchev–Trinajstić information content (AvgIpc) is 2.46. The Morgan fingerprint density at radius 2 is 2.00 bits per heavy atom. The number of para-hydroxylation sites is 1. The Labute approximate surface area is 125 Å². The van der Waals surface area contributed by atoms with Gasteiger partial charge in [0.25, 0.3) is 0 Å². The number of rotatable bonds is 7. The van der Waals surface area contributed by atoms with E-state index in [1.807, 2.05) is 30.3 Å². The molecule has 1 heterocycles. The molecule has 0 bridgehead atoms. The van der Waals surface area contributed by atoms with Crippen molar-refractivity contribution >= 4 is 22.6 Å². The summed E-state index contributed by atoms with van der Waals surface area (Å²) in [5.74, 6) is -0.182. The second kappa shape index (κ2) is 7.07. The second-order valence-electron chi connectivity index (χ2n) is 5.67. The van der Waals surface area contributed by atoms with Crippen molar-refractivity contribution in [3.8, 4) is 0 Å². The Morgan fingerprint density at radius 3 is 2.71 bits per heavy atom. The van der Waals surface area contributed by atoms with Gasteiger partial charge in [-0.05, 0) is 24.5 Å². The molecule has 0 radical (unpaired) electrons. The number of fused-ring (bicyclic) bond motifs is 1. The Balaban J connectivity index is 2.30. The summed E-state index contributed by atoms with van der Waals surface area (Å²) < 4.78 is 0. The molecule has 4 nitrogen and oxygen atoms in total. The summed E-state index contributed by atoms with van der Waals surface area (Å²) in [7, 11) is 0. The molecule has 1 aromatic carbocycles. The molecule has 0 aliphatic rings. The molecule has 21 heavy (non-hydrogen) atoms. The summed E-state index contributed by atoms with van der Waals surface area (Å²) in [4.78, 5) is 17.5. The van der Waals surface area contributed by atoms with Crippen molar-refractivity contribution in [3.05, 3.63) is 36.5 Å². The number of carboxylic acids is 1. The zero-order valence-corrected chi connectivity index (χ0v) is 12.6. The van der Waals surface area contributed by atoms with Crippen molar-refractivity contribution in [2.45, 2.75) is 26.7 Å². The Morgan fingerprint density at radius 1 is 1.24 bits per heavy atom. The summed E-state index contributed by atoms with van der Waals surface area (Å²) in [6, 6.07) is 10.0. The minimum atomic E-state index is -0.766. The fourth-order valence-electron chi connectivity index (χ4n) is 2.34. The maximum Gasteiger partial charge on any atom is 0.305 e. The van der Waals surface area contributed by atoms with Crippen LogP contribution in [0.1, 0.15) is 26.7 Å². The largest absolute Gasteiger partial charge is 0.481 e. The van der Waals surface area contributed by atoms with Crippen LogP contribution in [0.4, 0.5) is 5.69 Å². The Kier molecular flexibility index (Phi) is 5.14. The van der Waals surface area contributed by atoms with Crippen molar-refractivity contribution in [2.75, 3.05) is 18.0 Å². The lowest BCUT2D eigenvalue weighted by molar-refractivity contribution is -0.136. The third-order valence-corrected chi connectivity index (χ3v) is 3.52. The van der Waals surface area contributed by atoms with Crippen LogP contribution in [0.25, 0.3) is 10.9 Å². The van der Waals surface area contributed by atoms with Gasteiger partial charge in [-0.3, -0.25) is 9.78 Å². The molecule has 112 valence electrons. The normalized spacial score (nSPS) is 11.0. The van der Waals surface area contributed by atoms with Gasteiger partial charge in [0.05, 0.1) is 17.6 Å². The molecule has 0 atom stereocenters. The second-order valence-corrected chi connectivity index (χ2v) is 5.67. The predicted octanol–water partition coefficient (Wildman–Crippen LogP) is 3.56. The molecule has 0 fully saturated rings. The molecule has 2 aromatic rings. The molecule has 0 saturated heterocycles. The monoisotopic (exact) mass is 286 g/mol. The number of carboxylic acid groups (broad SMARTS) is 1. The van der Waals surface area contributed by atoms with Crippen LogP contribution in [-0.4, -0.2) is 29.1 Å². The van der Waals surface area contributed by atoms with Gasteiger partial charge in [-0.1, -0.05) is 32.0 Å².